The van der Waals surface area contributed by atoms with E-state index >= 15 is 0 Å². The van der Waals surface area contributed by atoms with Gasteiger partial charge in [-0.3, -0.25) is 12.2 Å². The van der Waals surface area contributed by atoms with E-state index < -0.39 is 0 Å². The van der Waals surface area contributed by atoms with Crippen molar-refractivity contribution in [2.75, 3.05) is 0 Å². The summed E-state index contributed by atoms with van der Waals surface area (Å²) in [7, 11) is 0. The second-order valence-electron chi connectivity index (χ2n) is 10.5. The molecule has 0 spiro atoms. The van der Waals surface area contributed by atoms with Gasteiger partial charge in [-0.05, 0) is 59.8 Å². The summed E-state index contributed by atoms with van der Waals surface area (Å²) in [6, 6.07) is 17.5. The third kappa shape index (κ3) is 8.66. The molecule has 2 atom stereocenters. The van der Waals surface area contributed by atoms with Crippen molar-refractivity contribution in [1.29, 1.82) is 0 Å². The van der Waals surface area contributed by atoms with E-state index in [9.17, 15) is 0 Å². The SMILES string of the molecule is CCC(CC1=Cc2ccccc2C1)C1=[C-]CC=C1.CCC(CC1=Cc2ccccc2C1)C1=[C-]CC=C1.[Cl-].[Cl-].[Zr+4]. The molecule has 0 nitrogen and oxygen atoms in total. The molecule has 2 aromatic rings. The van der Waals surface area contributed by atoms with Gasteiger partial charge in [-0.1, -0.05) is 98.5 Å². The molecule has 0 saturated heterocycles. The standard InChI is InChI=1S/2C18H19.2ClH.Zr/c2*1-2-15(16-7-3-4-8-16)11-14-12-17-9-5-6-10-18(17)13-14;;;/h2*3,5-7,9-10,12,15H,2,4,11,13H2,1H3;2*1H;/q2*-1;;;+4/p-2. The summed E-state index contributed by atoms with van der Waals surface area (Å²) in [5.74, 6) is 1.31. The van der Waals surface area contributed by atoms with Gasteiger partial charge in [0.05, 0.1) is 0 Å². The Morgan fingerprint density at radius 1 is 0.641 bits per heavy atom. The summed E-state index contributed by atoms with van der Waals surface area (Å²) in [4.78, 5) is 0. The van der Waals surface area contributed by atoms with Gasteiger partial charge in [0.1, 0.15) is 0 Å². The Labute approximate surface area is 268 Å². The van der Waals surface area contributed by atoms with E-state index in [1.165, 1.54) is 59.1 Å². The molecule has 4 aliphatic carbocycles. The van der Waals surface area contributed by atoms with Gasteiger partial charge >= 0.3 is 26.2 Å². The number of rotatable bonds is 8. The average Bonchev–Trinajstić information content (AvgIpc) is 3.72. The minimum absolute atomic E-state index is 0. The minimum atomic E-state index is 0. The molecule has 0 aliphatic heterocycles. The molecule has 2 aromatic carbocycles. The molecular weight excluding hydrogens is 595 g/mol. The zero-order valence-corrected chi connectivity index (χ0v) is 27.1. The smallest absolute Gasteiger partial charge is 1.00 e. The Kier molecular flexibility index (Phi) is 14.3. The van der Waals surface area contributed by atoms with E-state index in [0.717, 1.165) is 25.7 Å². The summed E-state index contributed by atoms with van der Waals surface area (Å²) in [5.41, 5.74) is 11.8. The van der Waals surface area contributed by atoms with Crippen molar-refractivity contribution in [3.8, 4) is 0 Å². The first-order chi connectivity index (χ1) is 17.7. The third-order valence-corrected chi connectivity index (χ3v) is 7.99. The van der Waals surface area contributed by atoms with E-state index in [1.54, 1.807) is 11.1 Å². The number of halogens is 2. The molecule has 3 heteroatoms. The van der Waals surface area contributed by atoms with Crippen LogP contribution in [0.25, 0.3) is 12.2 Å². The quantitative estimate of drug-likeness (QED) is 0.392. The van der Waals surface area contributed by atoms with Gasteiger partial charge < -0.3 is 24.8 Å². The summed E-state index contributed by atoms with van der Waals surface area (Å²) in [6.07, 6.45) is 29.8. The van der Waals surface area contributed by atoms with Gasteiger partial charge in [-0.15, -0.1) is 12.8 Å². The molecule has 0 amide bonds. The first-order valence-corrected chi connectivity index (χ1v) is 13.8. The van der Waals surface area contributed by atoms with Crippen molar-refractivity contribution in [3.05, 3.63) is 130 Å². The van der Waals surface area contributed by atoms with Crippen molar-refractivity contribution in [2.24, 2.45) is 11.8 Å². The third-order valence-electron chi connectivity index (χ3n) is 7.99. The van der Waals surface area contributed by atoms with Crippen LogP contribution in [-0.2, 0) is 39.0 Å². The molecule has 0 saturated carbocycles. The van der Waals surface area contributed by atoms with Crippen LogP contribution in [0.3, 0.4) is 0 Å². The van der Waals surface area contributed by atoms with E-state index in [1.807, 2.05) is 0 Å². The topological polar surface area (TPSA) is 0 Å². The normalized spacial score (nSPS) is 17.1. The fourth-order valence-electron chi connectivity index (χ4n) is 5.95. The van der Waals surface area contributed by atoms with Crippen LogP contribution < -0.4 is 24.8 Å². The zero-order valence-electron chi connectivity index (χ0n) is 23.2. The summed E-state index contributed by atoms with van der Waals surface area (Å²) in [6.45, 7) is 4.57. The van der Waals surface area contributed by atoms with Gasteiger partial charge in [0, 0.05) is 0 Å². The Morgan fingerprint density at radius 3 is 1.38 bits per heavy atom. The Balaban J connectivity index is 0.000000254. The predicted molar refractivity (Wildman–Crippen MR) is 154 cm³/mol. The maximum Gasteiger partial charge on any atom is 4.00 e. The fourth-order valence-corrected chi connectivity index (χ4v) is 5.95. The van der Waals surface area contributed by atoms with Crippen LogP contribution in [0.2, 0.25) is 0 Å². The van der Waals surface area contributed by atoms with Crippen LogP contribution in [0.5, 0.6) is 0 Å². The second kappa shape index (κ2) is 16.6. The maximum absolute atomic E-state index is 3.48. The molecule has 0 heterocycles. The minimum Gasteiger partial charge on any atom is -1.00 e. The van der Waals surface area contributed by atoms with E-state index in [0.29, 0.717) is 11.8 Å². The van der Waals surface area contributed by atoms with Gasteiger partial charge in [-0.25, -0.2) is 23.3 Å². The summed E-state index contributed by atoms with van der Waals surface area (Å²) < 4.78 is 0. The molecule has 0 radical (unpaired) electrons. The largest absolute Gasteiger partial charge is 4.00 e. The molecule has 0 bridgehead atoms. The number of allylic oxidation sites excluding steroid dienone is 10. The molecule has 39 heavy (non-hydrogen) atoms. The predicted octanol–water partition coefficient (Wildman–Crippen LogP) is 3.47. The van der Waals surface area contributed by atoms with Crippen molar-refractivity contribution < 1.29 is 51.0 Å². The number of hydrogen-bond acceptors (Lipinski definition) is 0. The first-order valence-electron chi connectivity index (χ1n) is 13.8. The zero-order chi connectivity index (χ0) is 24.7. The van der Waals surface area contributed by atoms with Crippen LogP contribution in [0.1, 0.15) is 74.6 Å². The first kappa shape index (κ1) is 33.5. The number of hydrogen-bond donors (Lipinski definition) is 0. The Morgan fingerprint density at radius 2 is 1.05 bits per heavy atom. The average molecular weight is 633 g/mol. The van der Waals surface area contributed by atoms with Crippen LogP contribution in [0, 0.1) is 24.0 Å². The molecule has 2 unspecified atom stereocenters. The molecule has 0 fully saturated rings. The van der Waals surface area contributed by atoms with Crippen molar-refractivity contribution in [2.45, 2.75) is 65.2 Å². The molecule has 0 aromatic heterocycles. The second-order valence-corrected chi connectivity index (χ2v) is 10.5. The van der Waals surface area contributed by atoms with Crippen LogP contribution in [-0.4, -0.2) is 0 Å². The van der Waals surface area contributed by atoms with Crippen molar-refractivity contribution >= 4 is 12.2 Å². The molecule has 0 N–H and O–H groups in total. The molecule has 200 valence electrons. The van der Waals surface area contributed by atoms with E-state index in [-0.39, 0.29) is 51.0 Å². The fraction of sp³-hybridized carbons (Fsp3) is 0.333. The van der Waals surface area contributed by atoms with Gasteiger partial charge in [0.2, 0.25) is 0 Å². The van der Waals surface area contributed by atoms with Gasteiger partial charge in [0.25, 0.3) is 0 Å². The summed E-state index contributed by atoms with van der Waals surface area (Å²) >= 11 is 0. The number of benzene rings is 2. The monoisotopic (exact) mass is 630 g/mol. The number of fused-ring (bicyclic) bond motifs is 2. The van der Waals surface area contributed by atoms with Crippen molar-refractivity contribution in [3.63, 3.8) is 0 Å². The summed E-state index contributed by atoms with van der Waals surface area (Å²) in [5, 5.41) is 0. The molecule has 6 rings (SSSR count). The molecule has 4 aliphatic rings. The molecular formula is C36H38Cl2Zr. The van der Waals surface area contributed by atoms with Crippen LogP contribution in [0.15, 0.2) is 95.1 Å². The Hall–Kier alpha value is -1.66. The van der Waals surface area contributed by atoms with E-state index in [4.69, 9.17) is 0 Å². The van der Waals surface area contributed by atoms with Gasteiger partial charge in [0.15, 0.2) is 0 Å². The van der Waals surface area contributed by atoms with Crippen LogP contribution >= 0.6 is 0 Å². The maximum atomic E-state index is 3.48. The van der Waals surface area contributed by atoms with Crippen molar-refractivity contribution in [1.82, 2.24) is 0 Å². The Bertz CT molecular complexity index is 1170. The van der Waals surface area contributed by atoms with E-state index in [2.05, 4.69) is 111 Å². The van der Waals surface area contributed by atoms with Crippen LogP contribution in [0.4, 0.5) is 0 Å². The van der Waals surface area contributed by atoms with Gasteiger partial charge in [-0.2, -0.15) is 12.2 Å².